The molecule has 4 aliphatic rings. The SMILES string of the molecule is CO[C@@H]1CCCCC1N1CCN(C(O)[C@@H]2C[C@H](N(CC(C)C)C(O)C3C=NC(C(C)(C)C)NC3N)CN(C(=O)OC(C)(C)C)C2)CC1. The molecule has 0 bridgehead atoms. The molecule has 4 rings (SSSR count). The number of nitrogens with one attached hydrogen (secondary N) is 1. The Labute approximate surface area is 284 Å². The van der Waals surface area contributed by atoms with Gasteiger partial charge in [0.05, 0.1) is 18.2 Å². The zero-order valence-electron chi connectivity index (χ0n) is 30.8. The smallest absolute Gasteiger partial charge is 0.410 e. The van der Waals surface area contributed by atoms with E-state index in [2.05, 4.69) is 54.6 Å². The van der Waals surface area contributed by atoms with Gasteiger partial charge in [0.2, 0.25) is 0 Å². The number of ether oxygens (including phenoxy) is 2. The van der Waals surface area contributed by atoms with E-state index in [-0.39, 0.29) is 35.6 Å². The Hall–Kier alpha value is -1.38. The van der Waals surface area contributed by atoms with Crippen molar-refractivity contribution in [2.24, 2.45) is 33.9 Å². The van der Waals surface area contributed by atoms with E-state index in [1.165, 1.54) is 12.8 Å². The number of hydrogen-bond acceptors (Lipinski definition) is 11. The number of carbonyl (C=O) groups is 1. The fourth-order valence-corrected chi connectivity index (χ4v) is 7.91. The summed E-state index contributed by atoms with van der Waals surface area (Å²) >= 11 is 0. The second kappa shape index (κ2) is 16.1. The zero-order chi connectivity index (χ0) is 34.7. The highest BCUT2D eigenvalue weighted by Gasteiger charge is 2.44. The molecule has 3 aliphatic heterocycles. The first-order chi connectivity index (χ1) is 22.0. The lowest BCUT2D eigenvalue weighted by molar-refractivity contribution is -0.120. The Balaban J connectivity index is 1.53. The van der Waals surface area contributed by atoms with Crippen LogP contribution in [0.15, 0.2) is 4.99 Å². The van der Waals surface area contributed by atoms with E-state index in [1.807, 2.05) is 34.1 Å². The molecule has 0 aromatic rings. The molecule has 9 atom stereocenters. The highest BCUT2D eigenvalue weighted by Crippen LogP contribution is 2.32. The molecule has 0 aromatic carbocycles. The van der Waals surface area contributed by atoms with E-state index in [1.54, 1.807) is 4.90 Å². The summed E-state index contributed by atoms with van der Waals surface area (Å²) in [6.07, 6.45) is 4.80. The Kier molecular flexibility index (Phi) is 13.2. The normalized spacial score (nSPS) is 33.3. The number of aliphatic hydroxyl groups is 2. The van der Waals surface area contributed by atoms with Gasteiger partial charge < -0.3 is 30.3 Å². The third-order valence-corrected chi connectivity index (χ3v) is 10.4. The van der Waals surface area contributed by atoms with E-state index >= 15 is 0 Å². The molecule has 1 saturated carbocycles. The average Bonchev–Trinajstić information content (AvgIpc) is 3.01. The summed E-state index contributed by atoms with van der Waals surface area (Å²) < 4.78 is 11.7. The third-order valence-electron chi connectivity index (χ3n) is 10.4. The van der Waals surface area contributed by atoms with Gasteiger partial charge in [-0.3, -0.25) is 25.0 Å². The number of piperidine rings is 1. The quantitative estimate of drug-likeness (QED) is 0.272. The fourth-order valence-electron chi connectivity index (χ4n) is 7.91. The van der Waals surface area contributed by atoms with E-state index in [9.17, 15) is 15.0 Å². The number of hydrogen-bond donors (Lipinski definition) is 4. The van der Waals surface area contributed by atoms with Gasteiger partial charge in [0, 0.05) is 77.1 Å². The van der Waals surface area contributed by atoms with Gasteiger partial charge in [0.15, 0.2) is 0 Å². The van der Waals surface area contributed by atoms with Gasteiger partial charge in [0.25, 0.3) is 0 Å². The van der Waals surface area contributed by atoms with Crippen LogP contribution in [0.5, 0.6) is 0 Å². The molecule has 0 spiro atoms. The summed E-state index contributed by atoms with van der Waals surface area (Å²) in [4.78, 5) is 26.8. The van der Waals surface area contributed by atoms with E-state index in [4.69, 9.17) is 20.2 Å². The van der Waals surface area contributed by atoms with Crippen LogP contribution < -0.4 is 11.1 Å². The van der Waals surface area contributed by atoms with Crippen molar-refractivity contribution in [3.63, 3.8) is 0 Å². The molecule has 0 radical (unpaired) electrons. The van der Waals surface area contributed by atoms with Crippen LogP contribution >= 0.6 is 0 Å². The fraction of sp³-hybridized carbons (Fsp3) is 0.943. The minimum atomic E-state index is -0.918. The lowest BCUT2D eigenvalue weighted by atomic mass is 9.88. The molecule has 1 amide bonds. The molecule has 12 nitrogen and oxygen atoms in total. The van der Waals surface area contributed by atoms with Crippen molar-refractivity contribution in [3.8, 4) is 0 Å². The van der Waals surface area contributed by atoms with Gasteiger partial charge in [0.1, 0.15) is 24.2 Å². The number of nitrogens with zero attached hydrogens (tertiary/aromatic N) is 5. The Morgan fingerprint density at radius 2 is 1.72 bits per heavy atom. The molecule has 0 aromatic heterocycles. The molecular formula is C35H67N7O5. The molecule has 47 heavy (non-hydrogen) atoms. The maximum Gasteiger partial charge on any atom is 0.410 e. The topological polar surface area (TPSA) is 139 Å². The van der Waals surface area contributed by atoms with Gasteiger partial charge in [-0.25, -0.2) is 4.79 Å². The standard InChI is InChI=1S/C35H67N7O5/c1-23(2)20-42(31(44)26-19-37-32(34(3,4)5)38-29(26)36)25-18-24(21-41(22-25)33(45)47-35(6,7)8)30(43)40-16-14-39(15-17-40)27-12-10-11-13-28(27)46-9/h19,23-32,38,43-44H,10-18,20-22,36H2,1-9H3/t24-,25+,26?,27?,28-,29?,30?,31?,32?/m1/s1. The van der Waals surface area contributed by atoms with Gasteiger partial charge in [-0.15, -0.1) is 0 Å². The predicted molar refractivity (Wildman–Crippen MR) is 186 cm³/mol. The molecule has 1 aliphatic carbocycles. The van der Waals surface area contributed by atoms with Crippen molar-refractivity contribution in [1.82, 2.24) is 24.9 Å². The van der Waals surface area contributed by atoms with Crippen molar-refractivity contribution < 1.29 is 24.5 Å². The first kappa shape index (κ1) is 38.4. The lowest BCUT2D eigenvalue weighted by Gasteiger charge is -2.50. The van der Waals surface area contributed by atoms with Gasteiger partial charge in [-0.1, -0.05) is 47.5 Å². The third kappa shape index (κ3) is 10.1. The summed E-state index contributed by atoms with van der Waals surface area (Å²) in [6, 6.07) is 0.226. The average molecular weight is 666 g/mol. The Morgan fingerprint density at radius 1 is 1.06 bits per heavy atom. The van der Waals surface area contributed by atoms with Crippen LogP contribution in [0.25, 0.3) is 0 Å². The number of nitrogens with two attached hydrogens (primary N) is 1. The molecule has 3 heterocycles. The first-order valence-corrected chi connectivity index (χ1v) is 18.1. The van der Waals surface area contributed by atoms with Crippen molar-refractivity contribution in [1.29, 1.82) is 0 Å². The summed E-state index contributed by atoms with van der Waals surface area (Å²) in [6.45, 7) is 20.9. The maximum absolute atomic E-state index is 13.5. The second-order valence-corrected chi connectivity index (χ2v) is 17.0. The van der Waals surface area contributed by atoms with Gasteiger partial charge in [-0.2, -0.15) is 0 Å². The number of aliphatic imine (C=N–C) groups is 1. The van der Waals surface area contributed by atoms with Gasteiger partial charge >= 0.3 is 6.09 Å². The number of rotatable bonds is 9. The molecule has 2 saturated heterocycles. The van der Waals surface area contributed by atoms with Crippen LogP contribution in [-0.4, -0.2) is 144 Å². The number of aliphatic hydroxyl groups excluding tert-OH is 2. The summed E-state index contributed by atoms with van der Waals surface area (Å²) in [5.74, 6) is -0.398. The van der Waals surface area contributed by atoms with E-state index in [0.717, 1.165) is 39.0 Å². The van der Waals surface area contributed by atoms with E-state index in [0.29, 0.717) is 32.1 Å². The highest BCUT2D eigenvalue weighted by atomic mass is 16.6. The number of methoxy groups -OCH3 is 1. The Bertz CT molecular complexity index is 1020. The molecule has 6 unspecified atom stereocenters. The predicted octanol–water partition coefficient (Wildman–Crippen LogP) is 2.73. The molecule has 272 valence electrons. The number of carbonyl (C=O) groups excluding carboxylic acids is 1. The number of amides is 1. The second-order valence-electron chi connectivity index (χ2n) is 17.0. The van der Waals surface area contributed by atoms with Crippen molar-refractivity contribution in [2.75, 3.05) is 52.9 Å². The molecule has 5 N–H and O–H groups in total. The summed E-state index contributed by atoms with van der Waals surface area (Å²) in [7, 11) is 1.83. The summed E-state index contributed by atoms with van der Waals surface area (Å²) in [5, 5.41) is 27.3. The van der Waals surface area contributed by atoms with Crippen LogP contribution in [0.1, 0.15) is 87.5 Å². The maximum atomic E-state index is 13.5. The number of likely N-dealkylation sites (tertiary alicyclic amines) is 1. The van der Waals surface area contributed by atoms with Crippen LogP contribution in [0, 0.1) is 23.2 Å². The van der Waals surface area contributed by atoms with E-state index < -0.39 is 36.2 Å². The Morgan fingerprint density at radius 3 is 2.30 bits per heavy atom. The first-order valence-electron chi connectivity index (χ1n) is 18.1. The van der Waals surface area contributed by atoms with Crippen molar-refractivity contribution >= 4 is 12.3 Å². The monoisotopic (exact) mass is 666 g/mol. The molecular weight excluding hydrogens is 598 g/mol. The van der Waals surface area contributed by atoms with Crippen LogP contribution in [0.3, 0.4) is 0 Å². The molecule has 12 heteroatoms. The van der Waals surface area contributed by atoms with Crippen LogP contribution in [0.4, 0.5) is 4.79 Å². The minimum absolute atomic E-state index is 0.115. The van der Waals surface area contributed by atoms with Crippen molar-refractivity contribution in [2.45, 2.75) is 136 Å². The van der Waals surface area contributed by atoms with Crippen LogP contribution in [0.2, 0.25) is 0 Å². The molecule has 3 fully saturated rings. The van der Waals surface area contributed by atoms with Crippen LogP contribution in [-0.2, 0) is 9.47 Å². The number of piperazine rings is 1. The summed E-state index contributed by atoms with van der Waals surface area (Å²) in [5.41, 5.74) is 5.87. The van der Waals surface area contributed by atoms with Gasteiger partial charge in [-0.05, 0) is 51.4 Å². The van der Waals surface area contributed by atoms with Crippen molar-refractivity contribution in [3.05, 3.63) is 0 Å². The minimum Gasteiger partial charge on any atom is -0.444 e. The largest absolute Gasteiger partial charge is 0.444 e. The highest BCUT2D eigenvalue weighted by molar-refractivity contribution is 5.68. The zero-order valence-corrected chi connectivity index (χ0v) is 30.8. The lowest BCUT2D eigenvalue weighted by Crippen LogP contribution is -2.65.